The van der Waals surface area contributed by atoms with Gasteiger partial charge in [-0.1, -0.05) is 11.6 Å². The molecule has 0 aliphatic rings. The smallest absolute Gasteiger partial charge is 0.277 e. The summed E-state index contributed by atoms with van der Waals surface area (Å²) in [6.45, 7) is -0.152. The topological polar surface area (TPSA) is 69.2 Å². The molecule has 0 heterocycles. The minimum atomic E-state index is -0.379. The summed E-state index contributed by atoms with van der Waals surface area (Å²) in [6.07, 6.45) is 1.49. The Labute approximate surface area is 145 Å². The lowest BCUT2D eigenvalue weighted by Crippen LogP contribution is -2.24. The number of hydrazone groups is 1. The molecule has 24 heavy (non-hydrogen) atoms. The zero-order valence-corrected chi connectivity index (χ0v) is 14.0. The first-order valence-electron chi connectivity index (χ1n) is 7.04. The number of hydrogen-bond acceptors (Lipinski definition) is 5. The van der Waals surface area contributed by atoms with E-state index in [0.29, 0.717) is 22.3 Å². The molecule has 126 valence electrons. The van der Waals surface area contributed by atoms with Gasteiger partial charge in [0.1, 0.15) is 17.2 Å². The number of carbonyl (C=O) groups excluding carboxylic acids is 1. The van der Waals surface area contributed by atoms with E-state index in [1.165, 1.54) is 6.21 Å². The van der Waals surface area contributed by atoms with Gasteiger partial charge in [0.15, 0.2) is 6.61 Å². The molecule has 0 spiro atoms. The van der Waals surface area contributed by atoms with Crippen LogP contribution in [0.2, 0.25) is 5.02 Å². The quantitative estimate of drug-likeness (QED) is 0.617. The Kier molecular flexibility index (Phi) is 6.45. The molecule has 0 aromatic heterocycles. The Bertz CT molecular complexity index is 695. The number of halogens is 1. The van der Waals surface area contributed by atoms with Crippen LogP contribution in [-0.2, 0) is 4.79 Å². The highest BCUT2D eigenvalue weighted by Crippen LogP contribution is 2.21. The van der Waals surface area contributed by atoms with Gasteiger partial charge in [-0.2, -0.15) is 5.10 Å². The van der Waals surface area contributed by atoms with E-state index >= 15 is 0 Å². The molecule has 0 unspecified atom stereocenters. The van der Waals surface area contributed by atoms with E-state index < -0.39 is 0 Å². The van der Waals surface area contributed by atoms with Gasteiger partial charge in [-0.05, 0) is 36.4 Å². The van der Waals surface area contributed by atoms with Crippen molar-refractivity contribution < 1.29 is 19.0 Å². The normalized spacial score (nSPS) is 10.5. The zero-order chi connectivity index (χ0) is 17.4. The summed E-state index contributed by atoms with van der Waals surface area (Å²) >= 11 is 5.77. The predicted molar refractivity (Wildman–Crippen MR) is 92.2 cm³/mol. The van der Waals surface area contributed by atoms with Gasteiger partial charge < -0.3 is 14.2 Å². The highest BCUT2D eigenvalue weighted by molar-refractivity contribution is 6.30. The Balaban J connectivity index is 1.86. The Hall–Kier alpha value is -2.73. The lowest BCUT2D eigenvalue weighted by molar-refractivity contribution is -0.123. The van der Waals surface area contributed by atoms with Crippen molar-refractivity contribution in [2.75, 3.05) is 20.8 Å². The number of nitrogens with one attached hydrogen (secondary N) is 1. The maximum atomic E-state index is 11.7. The van der Waals surface area contributed by atoms with Crippen molar-refractivity contribution in [3.8, 4) is 17.2 Å². The van der Waals surface area contributed by atoms with Crippen LogP contribution >= 0.6 is 11.6 Å². The van der Waals surface area contributed by atoms with Crippen molar-refractivity contribution in [2.45, 2.75) is 0 Å². The number of amides is 1. The molecule has 2 rings (SSSR count). The van der Waals surface area contributed by atoms with Gasteiger partial charge in [-0.3, -0.25) is 4.79 Å². The minimum absolute atomic E-state index is 0.152. The molecule has 2 aromatic rings. The van der Waals surface area contributed by atoms with Crippen LogP contribution in [0.25, 0.3) is 0 Å². The predicted octanol–water partition coefficient (Wildman–Crippen LogP) is 2.89. The Morgan fingerprint density at radius 1 is 1.08 bits per heavy atom. The first kappa shape index (κ1) is 17.6. The number of hydrogen-bond donors (Lipinski definition) is 1. The maximum Gasteiger partial charge on any atom is 0.277 e. The third kappa shape index (κ3) is 5.48. The highest BCUT2D eigenvalue weighted by Gasteiger charge is 2.02. The van der Waals surface area contributed by atoms with Crippen molar-refractivity contribution in [3.63, 3.8) is 0 Å². The Morgan fingerprint density at radius 2 is 1.71 bits per heavy atom. The minimum Gasteiger partial charge on any atom is -0.497 e. The number of carbonyl (C=O) groups is 1. The lowest BCUT2D eigenvalue weighted by atomic mass is 10.2. The molecule has 0 saturated heterocycles. The van der Waals surface area contributed by atoms with Crippen LogP contribution in [0, 0.1) is 0 Å². The summed E-state index contributed by atoms with van der Waals surface area (Å²) in [5.74, 6) is 1.44. The van der Waals surface area contributed by atoms with Crippen LogP contribution in [0.5, 0.6) is 17.2 Å². The van der Waals surface area contributed by atoms with Crippen molar-refractivity contribution in [3.05, 3.63) is 53.1 Å². The number of ether oxygens (including phenoxy) is 3. The van der Waals surface area contributed by atoms with Crippen LogP contribution in [-0.4, -0.2) is 32.9 Å². The molecule has 7 heteroatoms. The molecule has 6 nitrogen and oxygen atoms in total. The van der Waals surface area contributed by atoms with Gasteiger partial charge in [0.25, 0.3) is 5.91 Å². The number of benzene rings is 2. The van der Waals surface area contributed by atoms with Crippen molar-refractivity contribution >= 4 is 23.7 Å². The second-order valence-corrected chi connectivity index (χ2v) is 5.12. The van der Waals surface area contributed by atoms with E-state index in [1.807, 2.05) is 0 Å². The highest BCUT2D eigenvalue weighted by atomic mass is 35.5. The first-order chi connectivity index (χ1) is 11.6. The molecule has 0 bridgehead atoms. The molecule has 0 saturated carbocycles. The van der Waals surface area contributed by atoms with Crippen LogP contribution in [0.3, 0.4) is 0 Å². The molecule has 2 aromatic carbocycles. The summed E-state index contributed by atoms with van der Waals surface area (Å²) in [7, 11) is 3.12. The third-order valence-corrected chi connectivity index (χ3v) is 3.21. The van der Waals surface area contributed by atoms with E-state index in [2.05, 4.69) is 10.5 Å². The zero-order valence-electron chi connectivity index (χ0n) is 13.3. The monoisotopic (exact) mass is 348 g/mol. The van der Waals surface area contributed by atoms with Gasteiger partial charge in [-0.25, -0.2) is 5.43 Å². The molecule has 0 aliphatic carbocycles. The van der Waals surface area contributed by atoms with E-state index in [4.69, 9.17) is 25.8 Å². The van der Waals surface area contributed by atoms with Gasteiger partial charge in [0, 0.05) is 16.7 Å². The molecular formula is C17H17ClN2O4. The molecule has 0 atom stereocenters. The SMILES string of the molecule is COc1cc(/C=N\NC(=O)COc2ccc(Cl)cc2)cc(OC)c1. The standard InChI is InChI=1S/C17H17ClN2O4/c1-22-15-7-12(8-16(9-15)23-2)10-19-20-17(21)11-24-14-5-3-13(18)4-6-14/h3-10H,11H2,1-2H3,(H,20,21)/b19-10-. The molecule has 0 fully saturated rings. The molecule has 0 aliphatic heterocycles. The van der Waals surface area contributed by atoms with Crippen molar-refractivity contribution in [1.82, 2.24) is 5.43 Å². The first-order valence-corrected chi connectivity index (χ1v) is 7.42. The van der Waals surface area contributed by atoms with E-state index in [0.717, 1.165) is 5.56 Å². The average Bonchev–Trinajstić information content (AvgIpc) is 2.61. The number of nitrogens with zero attached hydrogens (tertiary/aromatic N) is 1. The fourth-order valence-corrected chi connectivity index (χ4v) is 1.92. The Morgan fingerprint density at radius 3 is 2.29 bits per heavy atom. The van der Waals surface area contributed by atoms with Crippen LogP contribution < -0.4 is 19.6 Å². The third-order valence-electron chi connectivity index (χ3n) is 2.96. The van der Waals surface area contributed by atoms with E-state index in [-0.39, 0.29) is 12.5 Å². The van der Waals surface area contributed by atoms with Crippen LogP contribution in [0.1, 0.15) is 5.56 Å². The molecule has 1 N–H and O–H groups in total. The molecular weight excluding hydrogens is 332 g/mol. The summed E-state index contributed by atoms with van der Waals surface area (Å²) in [4.78, 5) is 11.7. The second-order valence-electron chi connectivity index (χ2n) is 4.68. The lowest BCUT2D eigenvalue weighted by Gasteiger charge is -2.06. The van der Waals surface area contributed by atoms with E-state index in [9.17, 15) is 4.79 Å². The van der Waals surface area contributed by atoms with Gasteiger partial charge in [0.2, 0.25) is 0 Å². The van der Waals surface area contributed by atoms with Crippen LogP contribution in [0.15, 0.2) is 47.6 Å². The van der Waals surface area contributed by atoms with Crippen molar-refractivity contribution in [1.29, 1.82) is 0 Å². The molecule has 0 radical (unpaired) electrons. The average molecular weight is 349 g/mol. The maximum absolute atomic E-state index is 11.7. The van der Waals surface area contributed by atoms with Crippen molar-refractivity contribution in [2.24, 2.45) is 5.10 Å². The van der Waals surface area contributed by atoms with Gasteiger partial charge in [0.05, 0.1) is 20.4 Å². The summed E-state index contributed by atoms with van der Waals surface area (Å²) in [5.41, 5.74) is 3.11. The summed E-state index contributed by atoms with van der Waals surface area (Å²) < 4.78 is 15.6. The summed E-state index contributed by atoms with van der Waals surface area (Å²) in [6, 6.07) is 12.0. The van der Waals surface area contributed by atoms with Crippen LogP contribution in [0.4, 0.5) is 0 Å². The summed E-state index contributed by atoms with van der Waals surface area (Å²) in [5, 5.41) is 4.48. The second kappa shape index (κ2) is 8.79. The van der Waals surface area contributed by atoms with E-state index in [1.54, 1.807) is 56.7 Å². The fraction of sp³-hybridized carbons (Fsp3) is 0.176. The van der Waals surface area contributed by atoms with Gasteiger partial charge >= 0.3 is 0 Å². The van der Waals surface area contributed by atoms with Gasteiger partial charge in [-0.15, -0.1) is 0 Å². The molecule has 1 amide bonds. The number of rotatable bonds is 7. The largest absolute Gasteiger partial charge is 0.497 e. The number of methoxy groups -OCH3 is 2. The fourth-order valence-electron chi connectivity index (χ4n) is 1.79.